The number of aromatic amines is 1. The Morgan fingerprint density at radius 2 is 2.37 bits per heavy atom. The maximum Gasteiger partial charge on any atom is 0.248 e. The van der Waals surface area contributed by atoms with Gasteiger partial charge in [-0.05, 0) is 35.2 Å². The van der Waals surface area contributed by atoms with E-state index in [-0.39, 0.29) is 18.7 Å². The van der Waals surface area contributed by atoms with Gasteiger partial charge in [0.25, 0.3) is 0 Å². The summed E-state index contributed by atoms with van der Waals surface area (Å²) in [5.74, 6) is -3.38. The molecule has 0 unspecified atom stereocenters. The fourth-order valence-corrected chi connectivity index (χ4v) is 2.85. The third kappa shape index (κ3) is 3.32. The fourth-order valence-electron chi connectivity index (χ4n) is 2.30. The molecule has 2 N–H and O–H groups in total. The van der Waals surface area contributed by atoms with Gasteiger partial charge < -0.3 is 5.32 Å². The molecule has 7 heteroatoms. The summed E-state index contributed by atoms with van der Waals surface area (Å²) in [6, 6.07) is 0. The van der Waals surface area contributed by atoms with Crippen LogP contribution in [0.2, 0.25) is 0 Å². The zero-order valence-corrected chi connectivity index (χ0v) is 12.2. The van der Waals surface area contributed by atoms with E-state index >= 15 is 0 Å². The number of amides is 1. The number of alkyl halides is 2. The summed E-state index contributed by atoms with van der Waals surface area (Å²) in [7, 11) is 0. The van der Waals surface area contributed by atoms with Crippen molar-refractivity contribution in [1.82, 2.24) is 10.2 Å². The molecule has 1 fully saturated rings. The van der Waals surface area contributed by atoms with Gasteiger partial charge >= 0.3 is 0 Å². The number of halogens is 3. The highest BCUT2D eigenvalue weighted by Gasteiger charge is 2.39. The summed E-state index contributed by atoms with van der Waals surface area (Å²) in [4.78, 5) is 12.0. The molecule has 1 heterocycles. The van der Waals surface area contributed by atoms with Crippen molar-refractivity contribution < 1.29 is 13.6 Å². The molecule has 1 aliphatic rings. The molecule has 0 aliphatic heterocycles. The highest BCUT2D eigenvalue weighted by Crippen LogP contribution is 2.37. The summed E-state index contributed by atoms with van der Waals surface area (Å²) in [6.45, 7) is 1.95. The first-order chi connectivity index (χ1) is 8.93. The van der Waals surface area contributed by atoms with Crippen molar-refractivity contribution >= 4 is 27.7 Å². The lowest BCUT2D eigenvalue weighted by Crippen LogP contribution is -2.33. The Morgan fingerprint density at radius 1 is 1.63 bits per heavy atom. The molecule has 0 radical (unpaired) electrons. The van der Waals surface area contributed by atoms with E-state index in [0.29, 0.717) is 23.1 Å². The van der Waals surface area contributed by atoms with Crippen molar-refractivity contribution in [3.63, 3.8) is 0 Å². The molecule has 106 valence electrons. The van der Waals surface area contributed by atoms with Gasteiger partial charge in [0.2, 0.25) is 11.8 Å². The van der Waals surface area contributed by atoms with Gasteiger partial charge in [-0.3, -0.25) is 9.89 Å². The summed E-state index contributed by atoms with van der Waals surface area (Å²) in [5.41, 5.74) is 0.865. The Morgan fingerprint density at radius 3 is 2.95 bits per heavy atom. The molecule has 19 heavy (non-hydrogen) atoms. The molecule has 1 amide bonds. The molecule has 1 saturated carbocycles. The van der Waals surface area contributed by atoms with Crippen LogP contribution in [0, 0.1) is 5.92 Å². The molecule has 4 nitrogen and oxygen atoms in total. The third-order valence-corrected chi connectivity index (χ3v) is 4.24. The van der Waals surface area contributed by atoms with Gasteiger partial charge in [-0.2, -0.15) is 5.10 Å². The molecule has 1 aromatic rings. The lowest BCUT2D eigenvalue weighted by molar-refractivity contribution is -0.127. The first kappa shape index (κ1) is 14.4. The van der Waals surface area contributed by atoms with Gasteiger partial charge in [0, 0.05) is 18.8 Å². The highest BCUT2D eigenvalue weighted by atomic mass is 79.9. The molecule has 0 bridgehead atoms. The van der Waals surface area contributed by atoms with E-state index < -0.39 is 11.8 Å². The van der Waals surface area contributed by atoms with Crippen LogP contribution in [0.15, 0.2) is 4.47 Å². The van der Waals surface area contributed by atoms with E-state index in [2.05, 4.69) is 31.4 Å². The number of aromatic nitrogens is 2. The second kappa shape index (κ2) is 5.56. The van der Waals surface area contributed by atoms with Crippen LogP contribution in [0.1, 0.15) is 38.3 Å². The van der Waals surface area contributed by atoms with Crippen LogP contribution >= 0.6 is 15.9 Å². The molecule has 1 aromatic heterocycles. The number of nitrogens with zero attached hydrogens (tertiary/aromatic N) is 1. The van der Waals surface area contributed by atoms with Crippen LogP contribution in [0.25, 0.3) is 0 Å². The Balaban J connectivity index is 2.02. The van der Waals surface area contributed by atoms with E-state index in [1.54, 1.807) is 0 Å². The van der Waals surface area contributed by atoms with E-state index in [9.17, 15) is 13.6 Å². The van der Waals surface area contributed by atoms with Crippen molar-refractivity contribution in [2.24, 2.45) is 5.92 Å². The number of carbonyl (C=O) groups is 1. The molecule has 0 saturated heterocycles. The van der Waals surface area contributed by atoms with Gasteiger partial charge in [0.1, 0.15) is 0 Å². The van der Waals surface area contributed by atoms with Gasteiger partial charge in [0.15, 0.2) is 5.82 Å². The zero-order valence-electron chi connectivity index (χ0n) is 10.6. The normalized spacial score (nSPS) is 22.2. The van der Waals surface area contributed by atoms with Gasteiger partial charge in [-0.1, -0.05) is 6.92 Å². The minimum absolute atomic E-state index is 0.122. The summed E-state index contributed by atoms with van der Waals surface area (Å²) in [6.07, 6.45) is 1.13. The smallest absolute Gasteiger partial charge is 0.248 e. The van der Waals surface area contributed by atoms with Crippen molar-refractivity contribution in [1.29, 1.82) is 0 Å². The maximum absolute atomic E-state index is 13.3. The number of anilines is 1. The molecular formula is C12H16BrF2N3O. The molecular weight excluding hydrogens is 320 g/mol. The van der Waals surface area contributed by atoms with Crippen LogP contribution in [0.3, 0.4) is 0 Å². The maximum atomic E-state index is 13.3. The van der Waals surface area contributed by atoms with Crippen LogP contribution in [0.4, 0.5) is 14.6 Å². The number of carbonyl (C=O) groups excluding carboxylic acids is 1. The monoisotopic (exact) mass is 335 g/mol. The van der Waals surface area contributed by atoms with Gasteiger partial charge in [0.05, 0.1) is 10.2 Å². The third-order valence-electron chi connectivity index (χ3n) is 3.38. The Bertz CT molecular complexity index is 476. The lowest BCUT2D eigenvalue weighted by Gasteiger charge is -2.27. The van der Waals surface area contributed by atoms with Crippen molar-refractivity contribution in [2.75, 3.05) is 5.32 Å². The van der Waals surface area contributed by atoms with Crippen molar-refractivity contribution in [3.8, 4) is 0 Å². The molecule has 0 aromatic carbocycles. The van der Waals surface area contributed by atoms with Crippen molar-refractivity contribution in [2.45, 2.75) is 45.0 Å². The summed E-state index contributed by atoms with van der Waals surface area (Å²) >= 11 is 3.33. The minimum Gasteiger partial charge on any atom is -0.308 e. The van der Waals surface area contributed by atoms with E-state index in [4.69, 9.17) is 0 Å². The van der Waals surface area contributed by atoms with Crippen molar-refractivity contribution in [3.05, 3.63) is 10.2 Å². The van der Waals surface area contributed by atoms with E-state index in [1.165, 1.54) is 0 Å². The average Bonchev–Trinajstić information content (AvgIpc) is 2.69. The molecule has 1 atom stereocenters. The van der Waals surface area contributed by atoms with Crippen LogP contribution in [0.5, 0.6) is 0 Å². The highest BCUT2D eigenvalue weighted by molar-refractivity contribution is 9.10. The van der Waals surface area contributed by atoms with Crippen LogP contribution < -0.4 is 5.32 Å². The molecule has 0 spiro atoms. The number of H-pyrrole nitrogens is 1. The van der Waals surface area contributed by atoms with Crippen LogP contribution in [-0.4, -0.2) is 22.0 Å². The Labute approximate surface area is 118 Å². The fraction of sp³-hybridized carbons (Fsp3) is 0.667. The topological polar surface area (TPSA) is 57.8 Å². The van der Waals surface area contributed by atoms with Crippen LogP contribution in [-0.2, 0) is 11.2 Å². The number of hydrogen-bond donors (Lipinski definition) is 2. The minimum atomic E-state index is -2.72. The number of nitrogens with one attached hydrogen (secondary N) is 2. The summed E-state index contributed by atoms with van der Waals surface area (Å²) in [5, 5.41) is 9.37. The van der Waals surface area contributed by atoms with E-state index in [1.807, 2.05) is 6.92 Å². The summed E-state index contributed by atoms with van der Waals surface area (Å²) < 4.78 is 27.2. The quantitative estimate of drug-likeness (QED) is 0.888. The molecule has 1 aliphatic carbocycles. The number of aryl methyl sites for hydroxylation is 1. The Hall–Kier alpha value is -0.980. The predicted octanol–water partition coefficient (Wildman–Crippen LogP) is 3.50. The second-order valence-corrected chi connectivity index (χ2v) is 5.65. The second-order valence-electron chi connectivity index (χ2n) is 4.86. The van der Waals surface area contributed by atoms with Gasteiger partial charge in [-0.15, -0.1) is 0 Å². The first-order valence-corrected chi connectivity index (χ1v) is 7.13. The standard InChI is InChI=1S/C12H16BrF2N3O/c1-2-8-9(13)10(18-17-8)16-11(19)7-4-3-5-12(14,15)6-7/h7H,2-6H2,1H3,(H2,16,17,18,19)/t7-/m0/s1. The lowest BCUT2D eigenvalue weighted by atomic mass is 9.86. The molecule has 2 rings (SSSR count). The zero-order chi connectivity index (χ0) is 14.0. The predicted molar refractivity (Wildman–Crippen MR) is 71.2 cm³/mol. The number of rotatable bonds is 3. The Kier molecular flexibility index (Phi) is 4.23. The SMILES string of the molecule is CCc1[nH]nc(NC(=O)[C@H]2CCCC(F)(F)C2)c1Br. The van der Waals surface area contributed by atoms with Gasteiger partial charge in [-0.25, -0.2) is 8.78 Å². The van der Waals surface area contributed by atoms with E-state index in [0.717, 1.165) is 12.1 Å². The number of hydrogen-bond acceptors (Lipinski definition) is 2. The largest absolute Gasteiger partial charge is 0.308 e. The average molecular weight is 336 g/mol. The first-order valence-electron chi connectivity index (χ1n) is 6.34.